The van der Waals surface area contributed by atoms with Crippen LogP contribution in [-0.4, -0.2) is 4.57 Å². The fourth-order valence-corrected chi connectivity index (χ4v) is 3.74. The molecule has 3 heteroatoms. The van der Waals surface area contributed by atoms with Gasteiger partial charge in [0.1, 0.15) is 11.5 Å². The number of hydrogen-bond donors (Lipinski definition) is 0. The van der Waals surface area contributed by atoms with E-state index in [-0.39, 0.29) is 0 Å². The number of aromatic nitrogens is 1. The first-order valence-corrected chi connectivity index (χ1v) is 10.7. The Morgan fingerprint density at radius 1 is 0.630 bits per heavy atom. The highest BCUT2D eigenvalue weighted by atomic mass is 16.3. The van der Waals surface area contributed by atoms with Crippen LogP contribution >= 0.6 is 0 Å². The molecule has 0 amide bonds. The van der Waals surface area contributed by atoms with Gasteiger partial charge in [0.15, 0.2) is 0 Å². The molecule has 146 valence electrons. The molecule has 0 saturated heterocycles. The van der Waals surface area contributed by atoms with Gasteiger partial charge in [-0.05, 0) is 42.8 Å². The van der Waals surface area contributed by atoms with Crippen LogP contribution in [0.5, 0.6) is 0 Å². The van der Waals surface area contributed by atoms with Gasteiger partial charge in [0, 0.05) is 6.54 Å². The second kappa shape index (κ2) is 10.9. The predicted molar refractivity (Wildman–Crippen MR) is 112 cm³/mol. The van der Waals surface area contributed by atoms with Gasteiger partial charge in [-0.1, -0.05) is 64.7 Å². The lowest BCUT2D eigenvalue weighted by atomic mass is 10.1. The smallest absolute Gasteiger partial charge is 0.150 e. The molecule has 27 heavy (non-hydrogen) atoms. The summed E-state index contributed by atoms with van der Waals surface area (Å²) in [6.45, 7) is 3.27. The highest BCUT2D eigenvalue weighted by molar-refractivity contribution is 5.64. The predicted octanol–water partition coefficient (Wildman–Crippen LogP) is 7.93. The number of hydrogen-bond acceptors (Lipinski definition) is 2. The fraction of sp³-hybridized carbons (Fsp3) is 0.500. The average molecular weight is 368 g/mol. The van der Waals surface area contributed by atoms with Gasteiger partial charge in [0.25, 0.3) is 0 Å². The molecule has 0 aliphatic carbocycles. The highest BCUT2D eigenvalue weighted by Crippen LogP contribution is 2.30. The van der Waals surface area contributed by atoms with Crippen molar-refractivity contribution in [1.82, 2.24) is 4.57 Å². The molecule has 3 rings (SSSR count). The largest absolute Gasteiger partial charge is 0.463 e. The summed E-state index contributed by atoms with van der Waals surface area (Å²) in [5, 5.41) is 0. The van der Waals surface area contributed by atoms with Crippen LogP contribution in [0.25, 0.3) is 22.9 Å². The third-order valence-corrected chi connectivity index (χ3v) is 5.26. The molecular formula is C24H33NO2. The van der Waals surface area contributed by atoms with E-state index in [0.717, 1.165) is 29.5 Å². The van der Waals surface area contributed by atoms with Crippen molar-refractivity contribution in [2.45, 2.75) is 77.7 Å². The summed E-state index contributed by atoms with van der Waals surface area (Å²) in [7, 11) is 0. The number of furan rings is 2. The van der Waals surface area contributed by atoms with Gasteiger partial charge in [-0.25, -0.2) is 0 Å². The van der Waals surface area contributed by atoms with Crippen LogP contribution in [-0.2, 0) is 6.54 Å². The summed E-state index contributed by atoms with van der Waals surface area (Å²) in [4.78, 5) is 0. The van der Waals surface area contributed by atoms with Crippen molar-refractivity contribution in [3.05, 3.63) is 48.9 Å². The van der Waals surface area contributed by atoms with Gasteiger partial charge < -0.3 is 13.4 Å². The highest BCUT2D eigenvalue weighted by Gasteiger charge is 2.14. The molecule has 0 radical (unpaired) electrons. The summed E-state index contributed by atoms with van der Waals surface area (Å²) in [5.41, 5.74) is 2.25. The Labute approximate surface area is 163 Å². The third-order valence-electron chi connectivity index (χ3n) is 5.26. The summed E-state index contributed by atoms with van der Waals surface area (Å²) in [5.74, 6) is 1.83. The molecule has 0 bridgehead atoms. The minimum atomic E-state index is 0.917. The zero-order chi connectivity index (χ0) is 18.7. The first kappa shape index (κ1) is 19.6. The van der Waals surface area contributed by atoms with Gasteiger partial charge in [0.05, 0.1) is 23.9 Å². The summed E-state index contributed by atoms with van der Waals surface area (Å²) in [6.07, 6.45) is 17.0. The van der Waals surface area contributed by atoms with Crippen molar-refractivity contribution in [2.24, 2.45) is 0 Å². The molecule has 0 aliphatic rings. The van der Waals surface area contributed by atoms with Gasteiger partial charge in [0.2, 0.25) is 0 Å². The Hall–Kier alpha value is -2.16. The van der Waals surface area contributed by atoms with Crippen LogP contribution in [0.4, 0.5) is 0 Å². The molecule has 0 aliphatic heterocycles. The number of rotatable bonds is 13. The topological polar surface area (TPSA) is 31.2 Å². The molecule has 3 aromatic heterocycles. The van der Waals surface area contributed by atoms with Crippen molar-refractivity contribution < 1.29 is 8.83 Å². The molecule has 3 heterocycles. The average Bonchev–Trinajstić information content (AvgIpc) is 3.44. The summed E-state index contributed by atoms with van der Waals surface area (Å²) >= 11 is 0. The lowest BCUT2D eigenvalue weighted by Crippen LogP contribution is -2.02. The van der Waals surface area contributed by atoms with E-state index in [1.165, 1.54) is 64.2 Å². The monoisotopic (exact) mass is 367 g/mol. The molecule has 3 nitrogen and oxygen atoms in total. The molecule has 0 spiro atoms. The number of nitrogens with zero attached hydrogens (tertiary/aromatic N) is 1. The van der Waals surface area contributed by atoms with Crippen molar-refractivity contribution in [1.29, 1.82) is 0 Å². The van der Waals surface area contributed by atoms with Crippen molar-refractivity contribution in [2.75, 3.05) is 0 Å². The summed E-state index contributed by atoms with van der Waals surface area (Å²) < 4.78 is 13.6. The number of unbranched alkanes of at least 4 members (excludes halogenated alkanes) is 9. The van der Waals surface area contributed by atoms with Crippen LogP contribution in [0.15, 0.2) is 57.8 Å². The van der Waals surface area contributed by atoms with Gasteiger partial charge in [-0.15, -0.1) is 0 Å². The SMILES string of the molecule is CCCCCCCCCCCCn1c(-c2ccco2)ccc1-c1ccco1. The van der Waals surface area contributed by atoms with E-state index in [1.807, 2.05) is 24.3 Å². The molecular weight excluding hydrogens is 334 g/mol. The van der Waals surface area contributed by atoms with Gasteiger partial charge >= 0.3 is 0 Å². The fourth-order valence-electron chi connectivity index (χ4n) is 3.74. The quantitative estimate of drug-likeness (QED) is 0.287. The van der Waals surface area contributed by atoms with E-state index in [9.17, 15) is 0 Å². The maximum absolute atomic E-state index is 5.64. The summed E-state index contributed by atoms with van der Waals surface area (Å²) in [6, 6.07) is 12.2. The van der Waals surface area contributed by atoms with Gasteiger partial charge in [-0.2, -0.15) is 0 Å². The Morgan fingerprint density at radius 3 is 1.56 bits per heavy atom. The van der Waals surface area contributed by atoms with E-state index in [0.29, 0.717) is 0 Å². The molecule has 0 aromatic carbocycles. The van der Waals surface area contributed by atoms with E-state index in [4.69, 9.17) is 8.83 Å². The maximum Gasteiger partial charge on any atom is 0.150 e. The molecule has 0 saturated carbocycles. The zero-order valence-corrected chi connectivity index (χ0v) is 16.7. The van der Waals surface area contributed by atoms with Crippen molar-refractivity contribution in [3.63, 3.8) is 0 Å². The molecule has 0 N–H and O–H groups in total. The third kappa shape index (κ3) is 5.66. The Balaban J connectivity index is 1.48. The Kier molecular flexibility index (Phi) is 7.88. The first-order chi connectivity index (χ1) is 13.4. The van der Waals surface area contributed by atoms with Gasteiger partial charge in [-0.3, -0.25) is 0 Å². The second-order valence-electron chi connectivity index (χ2n) is 7.39. The molecule has 0 atom stereocenters. The molecule has 0 fully saturated rings. The van der Waals surface area contributed by atoms with Crippen molar-refractivity contribution >= 4 is 0 Å². The molecule has 3 aromatic rings. The first-order valence-electron chi connectivity index (χ1n) is 10.7. The normalized spacial score (nSPS) is 11.3. The zero-order valence-electron chi connectivity index (χ0n) is 16.7. The van der Waals surface area contributed by atoms with Crippen LogP contribution < -0.4 is 0 Å². The minimum absolute atomic E-state index is 0.917. The van der Waals surface area contributed by atoms with Crippen LogP contribution in [0, 0.1) is 0 Å². The lowest BCUT2D eigenvalue weighted by molar-refractivity contribution is 0.526. The van der Waals surface area contributed by atoms with Crippen molar-refractivity contribution in [3.8, 4) is 22.9 Å². The Bertz CT molecular complexity index is 686. The lowest BCUT2D eigenvalue weighted by Gasteiger charge is -2.11. The Morgan fingerprint density at radius 2 is 1.11 bits per heavy atom. The van der Waals surface area contributed by atoms with Crippen LogP contribution in [0.2, 0.25) is 0 Å². The van der Waals surface area contributed by atoms with E-state index < -0.39 is 0 Å². The van der Waals surface area contributed by atoms with Crippen LogP contribution in [0.1, 0.15) is 71.1 Å². The second-order valence-corrected chi connectivity index (χ2v) is 7.39. The van der Waals surface area contributed by atoms with Crippen LogP contribution in [0.3, 0.4) is 0 Å². The maximum atomic E-state index is 5.64. The van der Waals surface area contributed by atoms with E-state index >= 15 is 0 Å². The minimum Gasteiger partial charge on any atom is -0.463 e. The van der Waals surface area contributed by atoms with E-state index in [1.54, 1.807) is 12.5 Å². The molecule has 0 unspecified atom stereocenters. The standard InChI is InChI=1S/C24H33NO2/c1-2-3-4-5-6-7-8-9-10-11-18-25-21(23-14-12-19-26-23)16-17-22(25)24-15-13-20-27-24/h12-17,19-20H,2-11,18H2,1H3. The van der Waals surface area contributed by atoms with E-state index in [2.05, 4.69) is 23.6 Å².